The highest BCUT2D eigenvalue weighted by Gasteiger charge is 2.21. The van der Waals surface area contributed by atoms with Crippen molar-refractivity contribution < 1.29 is 19.1 Å². The lowest BCUT2D eigenvalue weighted by Gasteiger charge is -2.13. The highest BCUT2D eigenvalue weighted by atomic mass is 79.9. The van der Waals surface area contributed by atoms with Gasteiger partial charge in [-0.1, -0.05) is 51.3 Å². The van der Waals surface area contributed by atoms with Gasteiger partial charge in [-0.3, -0.25) is 19.8 Å². The first-order valence-corrected chi connectivity index (χ1v) is 12.1. The third-order valence-electron chi connectivity index (χ3n) is 5.21. The van der Waals surface area contributed by atoms with Gasteiger partial charge in [-0.15, -0.1) is 0 Å². The van der Waals surface area contributed by atoms with E-state index in [2.05, 4.69) is 32.0 Å². The minimum Gasteiger partial charge on any atom is -0.497 e. The van der Waals surface area contributed by atoms with E-state index in [1.807, 2.05) is 0 Å². The van der Waals surface area contributed by atoms with Gasteiger partial charge < -0.3 is 15.4 Å². The van der Waals surface area contributed by atoms with E-state index < -0.39 is 17.7 Å². The number of hydrogen-bond donors (Lipinski definition) is 3. The van der Waals surface area contributed by atoms with Crippen LogP contribution < -0.4 is 20.8 Å². The van der Waals surface area contributed by atoms with Crippen molar-refractivity contribution in [3.05, 3.63) is 92.5 Å². The second-order valence-corrected chi connectivity index (χ2v) is 9.35. The van der Waals surface area contributed by atoms with Crippen LogP contribution in [0.5, 0.6) is 5.75 Å². The molecule has 3 aromatic carbocycles. The number of methoxy groups -OCH3 is 1. The van der Waals surface area contributed by atoms with Crippen LogP contribution in [-0.4, -0.2) is 29.5 Å². The molecule has 0 atom stereocenters. The van der Waals surface area contributed by atoms with Crippen LogP contribution in [0, 0.1) is 0 Å². The molecule has 1 aromatic heterocycles. The zero-order valence-electron chi connectivity index (χ0n) is 18.8. The molecule has 0 unspecified atom stereocenters. The first kappa shape index (κ1) is 25.6. The Bertz CT molecular complexity index is 1470. The molecule has 0 fully saturated rings. The van der Waals surface area contributed by atoms with Crippen molar-refractivity contribution in [2.75, 3.05) is 17.9 Å². The Morgan fingerprint density at radius 3 is 2.36 bits per heavy atom. The number of amides is 3. The zero-order chi connectivity index (χ0) is 25.8. The normalized spacial score (nSPS) is 10.7. The van der Waals surface area contributed by atoms with Crippen molar-refractivity contribution in [2.45, 2.75) is 6.54 Å². The average Bonchev–Trinajstić information content (AvgIpc) is 3.22. The minimum atomic E-state index is -0.937. The molecular formula is C25H19BrCl2N4O4. The molecule has 184 valence electrons. The molecule has 36 heavy (non-hydrogen) atoms. The Labute approximate surface area is 224 Å². The molecule has 0 aliphatic heterocycles. The fraction of sp³-hybridized carbons (Fsp3) is 0.0800. The van der Waals surface area contributed by atoms with Crippen LogP contribution in [0.15, 0.2) is 71.2 Å². The number of benzene rings is 3. The lowest BCUT2D eigenvalue weighted by atomic mass is 10.2. The first-order chi connectivity index (χ1) is 17.2. The molecule has 0 spiro atoms. The van der Waals surface area contributed by atoms with Gasteiger partial charge in [0.1, 0.15) is 11.4 Å². The van der Waals surface area contributed by atoms with E-state index in [4.69, 9.17) is 27.9 Å². The fourth-order valence-corrected chi connectivity index (χ4v) is 4.08. The molecule has 0 aliphatic carbocycles. The molecule has 0 aliphatic rings. The molecule has 0 saturated heterocycles. The summed E-state index contributed by atoms with van der Waals surface area (Å²) in [6.07, 6.45) is 0. The fourth-order valence-electron chi connectivity index (χ4n) is 3.40. The van der Waals surface area contributed by atoms with Gasteiger partial charge in [0.05, 0.1) is 22.7 Å². The number of carbonyl (C=O) groups is 3. The summed E-state index contributed by atoms with van der Waals surface area (Å²) in [4.78, 5) is 38.3. The average molecular weight is 590 g/mol. The van der Waals surface area contributed by atoms with Crippen LogP contribution in [0.2, 0.25) is 10.0 Å². The van der Waals surface area contributed by atoms with Gasteiger partial charge in [-0.05, 0) is 60.2 Å². The van der Waals surface area contributed by atoms with Gasteiger partial charge >= 0.3 is 11.8 Å². The summed E-state index contributed by atoms with van der Waals surface area (Å²) in [5, 5.41) is 6.59. The number of nitrogens with one attached hydrogen (secondary N) is 3. The van der Waals surface area contributed by atoms with E-state index in [0.717, 1.165) is 10.0 Å². The summed E-state index contributed by atoms with van der Waals surface area (Å²) < 4.78 is 7.16. The maximum absolute atomic E-state index is 13.1. The standard InChI is InChI=1S/C25H19BrCl2N4O4/c1-36-18-6-2-14(3-7-18)13-29-24(34)25(35)31-32-21-9-4-16(26)10-15(21)11-22(32)23(33)30-17-5-8-19(27)20(28)12-17/h2-12H,13H2,1H3,(H,29,34)(H,30,33)(H,31,35). The minimum absolute atomic E-state index is 0.102. The Morgan fingerprint density at radius 2 is 1.67 bits per heavy atom. The topological polar surface area (TPSA) is 101 Å². The van der Waals surface area contributed by atoms with Crippen LogP contribution >= 0.6 is 39.1 Å². The maximum Gasteiger partial charge on any atom is 0.328 e. The number of fused-ring (bicyclic) bond motifs is 1. The van der Waals surface area contributed by atoms with Crippen molar-refractivity contribution in [3.63, 3.8) is 0 Å². The number of ether oxygens (including phenoxy) is 1. The van der Waals surface area contributed by atoms with E-state index >= 15 is 0 Å². The number of rotatable bonds is 6. The Balaban J connectivity index is 1.54. The van der Waals surface area contributed by atoms with E-state index in [1.54, 1.807) is 67.8 Å². The summed E-state index contributed by atoms with van der Waals surface area (Å²) in [7, 11) is 1.56. The van der Waals surface area contributed by atoms with Crippen molar-refractivity contribution in [1.29, 1.82) is 0 Å². The SMILES string of the molecule is COc1ccc(CNC(=O)C(=O)Nn2c(C(=O)Nc3ccc(Cl)c(Cl)c3)cc3cc(Br)ccc32)cc1. The summed E-state index contributed by atoms with van der Waals surface area (Å²) >= 11 is 15.4. The van der Waals surface area contributed by atoms with Gasteiger partial charge in [0.2, 0.25) is 0 Å². The molecule has 0 bridgehead atoms. The van der Waals surface area contributed by atoms with Crippen molar-refractivity contribution in [3.8, 4) is 5.75 Å². The van der Waals surface area contributed by atoms with E-state index in [1.165, 1.54) is 10.7 Å². The van der Waals surface area contributed by atoms with Crippen LogP contribution in [0.4, 0.5) is 5.69 Å². The highest BCUT2D eigenvalue weighted by Crippen LogP contribution is 2.27. The predicted molar refractivity (Wildman–Crippen MR) is 143 cm³/mol. The number of anilines is 1. The largest absolute Gasteiger partial charge is 0.497 e. The number of aromatic nitrogens is 1. The molecule has 3 amide bonds. The lowest BCUT2D eigenvalue weighted by Crippen LogP contribution is -2.39. The molecule has 11 heteroatoms. The second-order valence-electron chi connectivity index (χ2n) is 7.62. The quantitative estimate of drug-likeness (QED) is 0.264. The van der Waals surface area contributed by atoms with Crippen LogP contribution in [0.25, 0.3) is 10.9 Å². The van der Waals surface area contributed by atoms with Gasteiger partial charge in [0.15, 0.2) is 0 Å². The lowest BCUT2D eigenvalue weighted by molar-refractivity contribution is -0.136. The first-order valence-electron chi connectivity index (χ1n) is 10.5. The summed E-state index contributed by atoms with van der Waals surface area (Å²) in [5.41, 5.74) is 4.34. The number of carbonyl (C=O) groups excluding carboxylic acids is 3. The predicted octanol–water partition coefficient (Wildman–Crippen LogP) is 5.36. The molecule has 4 aromatic rings. The molecular weight excluding hydrogens is 571 g/mol. The molecule has 4 rings (SSSR count). The number of nitrogens with zero attached hydrogens (tertiary/aromatic N) is 1. The smallest absolute Gasteiger partial charge is 0.328 e. The number of hydrogen-bond acceptors (Lipinski definition) is 4. The van der Waals surface area contributed by atoms with E-state index in [9.17, 15) is 14.4 Å². The van der Waals surface area contributed by atoms with Crippen LogP contribution in [0.1, 0.15) is 16.1 Å². The van der Waals surface area contributed by atoms with E-state index in [0.29, 0.717) is 27.4 Å². The van der Waals surface area contributed by atoms with Gasteiger partial charge in [0, 0.05) is 22.1 Å². The number of halogens is 3. The Morgan fingerprint density at radius 1 is 0.917 bits per heavy atom. The van der Waals surface area contributed by atoms with Crippen LogP contribution in [0.3, 0.4) is 0 Å². The van der Waals surface area contributed by atoms with Crippen molar-refractivity contribution >= 4 is 73.4 Å². The Hall–Kier alpha value is -3.53. The van der Waals surface area contributed by atoms with Gasteiger partial charge in [-0.2, -0.15) is 0 Å². The van der Waals surface area contributed by atoms with Gasteiger partial charge in [0.25, 0.3) is 5.91 Å². The van der Waals surface area contributed by atoms with Crippen molar-refractivity contribution in [1.82, 2.24) is 9.99 Å². The molecule has 3 N–H and O–H groups in total. The molecule has 0 radical (unpaired) electrons. The maximum atomic E-state index is 13.1. The summed E-state index contributed by atoms with van der Waals surface area (Å²) in [5.74, 6) is -1.64. The van der Waals surface area contributed by atoms with Gasteiger partial charge in [-0.25, -0.2) is 4.68 Å². The zero-order valence-corrected chi connectivity index (χ0v) is 21.9. The third kappa shape index (κ3) is 5.81. The monoisotopic (exact) mass is 588 g/mol. The van der Waals surface area contributed by atoms with Crippen molar-refractivity contribution in [2.24, 2.45) is 0 Å². The summed E-state index contributed by atoms with van der Waals surface area (Å²) in [6, 6.07) is 18.6. The third-order valence-corrected chi connectivity index (χ3v) is 6.44. The molecule has 0 saturated carbocycles. The second kappa shape index (κ2) is 11.0. The molecule has 8 nitrogen and oxygen atoms in total. The Kier molecular flexibility index (Phi) is 7.83. The summed E-state index contributed by atoms with van der Waals surface area (Å²) in [6.45, 7) is 0.139. The van der Waals surface area contributed by atoms with E-state index in [-0.39, 0.29) is 17.3 Å². The highest BCUT2D eigenvalue weighted by molar-refractivity contribution is 9.10. The van der Waals surface area contributed by atoms with Crippen LogP contribution in [-0.2, 0) is 16.1 Å². The molecule has 1 heterocycles.